The van der Waals surface area contributed by atoms with Gasteiger partial charge >= 0.3 is 12.2 Å². The van der Waals surface area contributed by atoms with Gasteiger partial charge in [0.25, 0.3) is 0 Å². The van der Waals surface area contributed by atoms with E-state index >= 15 is 0 Å². The number of hydrogen-bond donors (Lipinski definition) is 4. The minimum absolute atomic E-state index is 0.0216. The lowest BCUT2D eigenvalue weighted by atomic mass is 9.89. The summed E-state index contributed by atoms with van der Waals surface area (Å²) in [4.78, 5) is 72.8. The third kappa shape index (κ3) is 8.38. The van der Waals surface area contributed by atoms with Crippen LogP contribution in [-0.2, 0) is 36.6 Å². The van der Waals surface area contributed by atoms with Gasteiger partial charge in [-0.2, -0.15) is 0 Å². The molecule has 15 heteroatoms. The molecule has 330 valence electrons. The average Bonchev–Trinajstić information content (AvgIpc) is 4.16. The Morgan fingerprint density at radius 2 is 1.38 bits per heavy atom. The number of alkyl carbamates (subject to hydrolysis) is 2. The number of imidazole rings is 2. The topological polar surface area (TPSA) is 184 Å². The predicted octanol–water partition coefficient (Wildman–Crippen LogP) is 7.24. The lowest BCUT2D eigenvalue weighted by molar-refractivity contribution is -0.137. The number of fused-ring (bicyclic) bond motifs is 4. The highest BCUT2D eigenvalue weighted by Crippen LogP contribution is 2.40. The van der Waals surface area contributed by atoms with Gasteiger partial charge in [-0.25, -0.2) is 19.6 Å². The summed E-state index contributed by atoms with van der Waals surface area (Å²) < 4.78 is 15.2. The summed E-state index contributed by atoms with van der Waals surface area (Å²) in [5.74, 6) is 1.18. The van der Waals surface area contributed by atoms with E-state index in [1.54, 1.807) is 0 Å². The minimum atomic E-state index is -0.689. The fourth-order valence-corrected chi connectivity index (χ4v) is 10.0. The number of carbonyl (C=O) groups is 4. The van der Waals surface area contributed by atoms with Crippen molar-refractivity contribution < 1.29 is 33.4 Å². The number of benzene rings is 3. The van der Waals surface area contributed by atoms with Crippen LogP contribution in [0.15, 0.2) is 60.8 Å². The largest absolute Gasteiger partial charge is 0.453 e. The van der Waals surface area contributed by atoms with Crippen LogP contribution in [0.5, 0.6) is 0 Å². The van der Waals surface area contributed by atoms with Crippen LogP contribution in [0.3, 0.4) is 0 Å². The van der Waals surface area contributed by atoms with Gasteiger partial charge in [-0.3, -0.25) is 9.59 Å². The van der Waals surface area contributed by atoms with Crippen LogP contribution in [0.1, 0.15) is 87.4 Å². The van der Waals surface area contributed by atoms with Crippen molar-refractivity contribution in [3.05, 3.63) is 83.7 Å². The molecule has 5 aromatic rings. The summed E-state index contributed by atoms with van der Waals surface area (Å²) in [6.45, 7) is 6.15. The molecule has 4 aliphatic rings. The number of aromatic nitrogens is 4. The lowest BCUT2D eigenvalue weighted by Crippen LogP contribution is -2.53. The molecular formula is C48H56N8O7. The first-order chi connectivity index (χ1) is 30.6. The minimum Gasteiger partial charge on any atom is -0.453 e. The zero-order chi connectivity index (χ0) is 43.8. The van der Waals surface area contributed by atoms with E-state index in [9.17, 15) is 19.2 Å². The van der Waals surface area contributed by atoms with Crippen LogP contribution < -0.4 is 10.6 Å². The van der Waals surface area contributed by atoms with E-state index in [0.29, 0.717) is 39.1 Å². The van der Waals surface area contributed by atoms with Crippen molar-refractivity contribution in [3.63, 3.8) is 0 Å². The van der Waals surface area contributed by atoms with E-state index in [1.807, 2.05) is 29.8 Å². The Balaban J connectivity index is 0.901. The number of rotatable bonds is 10. The number of amides is 4. The molecule has 4 N–H and O–H groups in total. The summed E-state index contributed by atoms with van der Waals surface area (Å²) in [5.41, 5.74) is 8.57. The Hall–Kier alpha value is -6.22. The van der Waals surface area contributed by atoms with Crippen LogP contribution >= 0.6 is 0 Å². The van der Waals surface area contributed by atoms with Gasteiger partial charge in [0, 0.05) is 37.4 Å². The molecule has 3 aromatic carbocycles. The maximum atomic E-state index is 14.1. The van der Waals surface area contributed by atoms with E-state index in [2.05, 4.69) is 75.2 Å². The predicted molar refractivity (Wildman–Crippen MR) is 236 cm³/mol. The standard InChI is InChI=1S/C48H56N8O7/c1-27(2)40(53-47(59)61-3)45(57)55-19-5-7-38(55)43-49-26-37(51-43)34-12-11-30-23-29(9-10-31(30)25-34)32-13-15-35-33(24-32)14-16-36-42(35)52-44(50-36)39-8-6-20-56(39)46(58)41(54-48(60)62-4)28-17-21-63-22-18-28/h9-13,15,23-28,38-41H,5-8,14,16-22H2,1-4H3,(H,49,51)(H,50,52)(H,53,59)(H,54,60)/t38-,39-,40?,41-/m0/s1. The molecule has 63 heavy (non-hydrogen) atoms. The van der Waals surface area contributed by atoms with Gasteiger partial charge in [0.05, 0.1) is 49.6 Å². The molecule has 1 unspecified atom stereocenters. The third-order valence-corrected chi connectivity index (χ3v) is 13.4. The van der Waals surface area contributed by atoms with E-state index in [-0.39, 0.29) is 35.7 Å². The van der Waals surface area contributed by atoms with Crippen LogP contribution in [-0.4, -0.2) is 106 Å². The number of nitrogens with one attached hydrogen (secondary N) is 4. The first-order valence-electron chi connectivity index (χ1n) is 22.3. The van der Waals surface area contributed by atoms with E-state index in [1.165, 1.54) is 19.8 Å². The van der Waals surface area contributed by atoms with Crippen LogP contribution in [0, 0.1) is 11.8 Å². The van der Waals surface area contributed by atoms with Crippen molar-refractivity contribution in [3.8, 4) is 33.6 Å². The molecule has 5 heterocycles. The fraction of sp³-hybridized carbons (Fsp3) is 0.458. The highest BCUT2D eigenvalue weighted by atomic mass is 16.5. The van der Waals surface area contributed by atoms with Crippen LogP contribution in [0.25, 0.3) is 44.4 Å². The van der Waals surface area contributed by atoms with E-state index in [0.717, 1.165) is 100 Å². The van der Waals surface area contributed by atoms with Crippen molar-refractivity contribution in [2.45, 2.75) is 89.4 Å². The molecule has 2 aromatic heterocycles. The molecule has 1 aliphatic carbocycles. The van der Waals surface area contributed by atoms with Crippen molar-refractivity contribution in [2.24, 2.45) is 11.8 Å². The normalized spacial score (nSPS) is 19.7. The van der Waals surface area contributed by atoms with Crippen LogP contribution in [0.2, 0.25) is 0 Å². The molecule has 15 nitrogen and oxygen atoms in total. The summed E-state index contributed by atoms with van der Waals surface area (Å²) in [6.07, 6.45) is 6.97. The summed E-state index contributed by atoms with van der Waals surface area (Å²) in [7, 11) is 2.62. The average molecular weight is 857 g/mol. The second kappa shape index (κ2) is 17.9. The molecule has 3 fully saturated rings. The Bertz CT molecular complexity index is 2520. The zero-order valence-corrected chi connectivity index (χ0v) is 36.4. The highest BCUT2D eigenvalue weighted by molar-refractivity contribution is 5.91. The molecule has 0 radical (unpaired) electrons. The molecule has 4 amide bonds. The van der Waals surface area contributed by atoms with Gasteiger partial charge in [-0.15, -0.1) is 0 Å². The number of ether oxygens (including phenoxy) is 3. The monoisotopic (exact) mass is 856 g/mol. The molecule has 0 spiro atoms. The second-order valence-electron chi connectivity index (χ2n) is 17.6. The van der Waals surface area contributed by atoms with E-state index < -0.39 is 24.3 Å². The molecule has 0 saturated carbocycles. The number of hydrogen-bond acceptors (Lipinski definition) is 9. The summed E-state index contributed by atoms with van der Waals surface area (Å²) >= 11 is 0. The molecule has 3 aliphatic heterocycles. The van der Waals surface area contributed by atoms with Gasteiger partial charge in [0.15, 0.2) is 0 Å². The molecule has 0 bridgehead atoms. The number of methoxy groups -OCH3 is 2. The summed E-state index contributed by atoms with van der Waals surface area (Å²) in [6, 6.07) is 17.8. The molecule has 3 saturated heterocycles. The Labute approximate surface area is 366 Å². The second-order valence-corrected chi connectivity index (χ2v) is 17.6. The fourth-order valence-electron chi connectivity index (χ4n) is 10.0. The van der Waals surface area contributed by atoms with Crippen molar-refractivity contribution in [1.82, 2.24) is 40.4 Å². The smallest absolute Gasteiger partial charge is 0.407 e. The Kier molecular flexibility index (Phi) is 11.9. The number of likely N-dealkylation sites (tertiary alicyclic amines) is 2. The van der Waals surface area contributed by atoms with Crippen molar-refractivity contribution >= 4 is 34.8 Å². The maximum absolute atomic E-state index is 14.1. The quantitative estimate of drug-likeness (QED) is 0.112. The highest BCUT2D eigenvalue weighted by Gasteiger charge is 2.41. The van der Waals surface area contributed by atoms with Gasteiger partial charge < -0.3 is 44.6 Å². The number of H-pyrrole nitrogens is 2. The van der Waals surface area contributed by atoms with E-state index in [4.69, 9.17) is 24.2 Å². The molecule has 4 atom stereocenters. The lowest BCUT2D eigenvalue weighted by Gasteiger charge is -2.34. The number of nitrogens with zero attached hydrogens (tertiary/aromatic N) is 4. The van der Waals surface area contributed by atoms with Crippen molar-refractivity contribution in [2.75, 3.05) is 40.5 Å². The summed E-state index contributed by atoms with van der Waals surface area (Å²) in [5, 5.41) is 7.78. The molecule has 9 rings (SSSR count). The first-order valence-corrected chi connectivity index (χ1v) is 22.3. The number of aromatic amines is 2. The SMILES string of the molecule is COC(=O)NC(C(=O)N1CCC[C@H]1c1ncc(-c2ccc3cc(-c4ccc5c(c4)CCc4nc([C@@H]6CCCN6C(=O)[C@@H](NC(=O)OC)C6CCOCC6)[nH]c4-5)ccc3c2)[nH]1)C(C)C. The Morgan fingerprint density at radius 1 is 0.746 bits per heavy atom. The number of aryl methyl sites for hydroxylation is 2. The third-order valence-electron chi connectivity index (χ3n) is 13.4. The first kappa shape index (κ1) is 42.1. The number of carbonyl (C=O) groups excluding carboxylic acids is 4. The van der Waals surface area contributed by atoms with Crippen molar-refractivity contribution in [1.29, 1.82) is 0 Å². The van der Waals surface area contributed by atoms with Gasteiger partial charge in [-0.1, -0.05) is 56.3 Å². The van der Waals surface area contributed by atoms with Gasteiger partial charge in [-0.05, 0) is 103 Å². The van der Waals surface area contributed by atoms with Crippen LogP contribution in [0.4, 0.5) is 9.59 Å². The van der Waals surface area contributed by atoms with Gasteiger partial charge in [0.2, 0.25) is 11.8 Å². The van der Waals surface area contributed by atoms with Gasteiger partial charge in [0.1, 0.15) is 23.7 Å². The Morgan fingerprint density at radius 3 is 2.10 bits per heavy atom. The molecular weight excluding hydrogens is 801 g/mol. The maximum Gasteiger partial charge on any atom is 0.407 e. The zero-order valence-electron chi connectivity index (χ0n) is 36.4.